The minimum Gasteiger partial charge on any atom is -0.494 e. The minimum absolute atomic E-state index is 0.290. The van der Waals surface area contributed by atoms with E-state index in [1.165, 1.54) is 4.90 Å². The zero-order valence-corrected chi connectivity index (χ0v) is 19.1. The van der Waals surface area contributed by atoms with Gasteiger partial charge < -0.3 is 14.8 Å². The summed E-state index contributed by atoms with van der Waals surface area (Å²) in [6, 6.07) is 15.0. The van der Waals surface area contributed by atoms with Gasteiger partial charge in [0.1, 0.15) is 11.4 Å². The van der Waals surface area contributed by atoms with Gasteiger partial charge >= 0.3 is 0 Å². The maximum Gasteiger partial charge on any atom is 0.278 e. The van der Waals surface area contributed by atoms with Crippen LogP contribution in [0.15, 0.2) is 54.2 Å². The smallest absolute Gasteiger partial charge is 0.278 e. The molecule has 0 aromatic heterocycles. The Bertz CT molecular complexity index is 949. The number of benzene rings is 2. The number of nitrogens with zero attached hydrogens (tertiary/aromatic N) is 1. The molecular weight excluding hydrogens is 404 g/mol. The molecule has 0 bridgehead atoms. The van der Waals surface area contributed by atoms with E-state index in [0.717, 1.165) is 29.8 Å². The van der Waals surface area contributed by atoms with Gasteiger partial charge in [-0.15, -0.1) is 0 Å². The van der Waals surface area contributed by atoms with E-state index in [9.17, 15) is 9.59 Å². The van der Waals surface area contributed by atoms with Gasteiger partial charge in [-0.05, 0) is 56.5 Å². The normalized spacial score (nSPS) is 13.8. The highest BCUT2D eigenvalue weighted by atomic mass is 16.5. The van der Waals surface area contributed by atoms with Crippen LogP contribution in [-0.2, 0) is 14.3 Å². The van der Waals surface area contributed by atoms with Gasteiger partial charge in [-0.3, -0.25) is 14.5 Å². The molecule has 0 saturated carbocycles. The van der Waals surface area contributed by atoms with Gasteiger partial charge in [0.05, 0.1) is 12.2 Å². The van der Waals surface area contributed by atoms with E-state index in [1.807, 2.05) is 62.4 Å². The molecule has 0 spiro atoms. The first-order valence-corrected chi connectivity index (χ1v) is 11.3. The third kappa shape index (κ3) is 5.77. The molecule has 170 valence electrons. The van der Waals surface area contributed by atoms with Crippen LogP contribution in [0.3, 0.4) is 0 Å². The number of carbonyl (C=O) groups excluding carboxylic acids is 2. The van der Waals surface area contributed by atoms with Crippen molar-refractivity contribution in [1.29, 1.82) is 0 Å². The Balaban J connectivity index is 1.82. The molecule has 6 heteroatoms. The number of ether oxygens (including phenoxy) is 2. The number of aryl methyl sites for hydroxylation is 1. The highest BCUT2D eigenvalue weighted by molar-refractivity contribution is 6.36. The predicted molar refractivity (Wildman–Crippen MR) is 126 cm³/mol. The second kappa shape index (κ2) is 11.5. The molecular formula is C26H32N2O4. The third-order valence-corrected chi connectivity index (χ3v) is 5.26. The highest BCUT2D eigenvalue weighted by Crippen LogP contribution is 2.31. The van der Waals surface area contributed by atoms with E-state index in [0.29, 0.717) is 49.6 Å². The molecule has 6 nitrogen and oxygen atoms in total. The first-order chi connectivity index (χ1) is 15.5. The zero-order chi connectivity index (χ0) is 22.9. The first kappa shape index (κ1) is 23.5. The quantitative estimate of drug-likeness (QED) is 0.383. The molecule has 1 aliphatic rings. The second-order valence-electron chi connectivity index (χ2n) is 7.78. The lowest BCUT2D eigenvalue weighted by atomic mass is 10.0. The molecule has 0 radical (unpaired) electrons. The van der Waals surface area contributed by atoms with Crippen molar-refractivity contribution in [1.82, 2.24) is 4.90 Å². The fourth-order valence-corrected chi connectivity index (χ4v) is 3.50. The molecule has 0 unspecified atom stereocenters. The maximum atomic E-state index is 13.3. The summed E-state index contributed by atoms with van der Waals surface area (Å²) in [5.74, 6) is 0.123. The van der Waals surface area contributed by atoms with Gasteiger partial charge in [-0.25, -0.2) is 0 Å². The molecule has 0 atom stereocenters. The minimum atomic E-state index is -0.312. The van der Waals surface area contributed by atoms with Gasteiger partial charge in [0, 0.05) is 25.4 Å². The van der Waals surface area contributed by atoms with Crippen LogP contribution in [0.25, 0.3) is 5.57 Å². The fraction of sp³-hybridized carbons (Fsp3) is 0.385. The van der Waals surface area contributed by atoms with Crippen molar-refractivity contribution in [3.8, 4) is 5.75 Å². The van der Waals surface area contributed by atoms with Crippen molar-refractivity contribution in [2.24, 2.45) is 0 Å². The lowest BCUT2D eigenvalue weighted by molar-refractivity contribution is -0.137. The van der Waals surface area contributed by atoms with Crippen molar-refractivity contribution in [2.45, 2.75) is 40.0 Å². The lowest BCUT2D eigenvalue weighted by Crippen LogP contribution is -2.34. The number of hydrogen-bond acceptors (Lipinski definition) is 5. The van der Waals surface area contributed by atoms with E-state index >= 15 is 0 Å². The average molecular weight is 437 g/mol. The summed E-state index contributed by atoms with van der Waals surface area (Å²) in [6.45, 7) is 8.15. The van der Waals surface area contributed by atoms with Crippen LogP contribution in [0, 0.1) is 6.92 Å². The third-order valence-electron chi connectivity index (χ3n) is 5.26. The molecule has 0 fully saturated rings. The van der Waals surface area contributed by atoms with Gasteiger partial charge in [-0.2, -0.15) is 0 Å². The largest absolute Gasteiger partial charge is 0.494 e. The van der Waals surface area contributed by atoms with E-state index in [4.69, 9.17) is 9.47 Å². The number of imide groups is 1. The van der Waals surface area contributed by atoms with E-state index in [1.54, 1.807) is 0 Å². The van der Waals surface area contributed by atoms with E-state index in [2.05, 4.69) is 12.2 Å². The topological polar surface area (TPSA) is 67.9 Å². The second-order valence-corrected chi connectivity index (χ2v) is 7.78. The highest BCUT2D eigenvalue weighted by Gasteiger charge is 2.38. The lowest BCUT2D eigenvalue weighted by Gasteiger charge is -2.15. The van der Waals surface area contributed by atoms with Crippen LogP contribution < -0.4 is 10.1 Å². The Kier molecular flexibility index (Phi) is 8.45. The molecule has 0 aliphatic carbocycles. The standard InChI is InChI=1S/C26H32N2O4/c1-4-6-17-31-18-7-16-28-25(29)23(20-10-14-22(15-11-20)32-5-2)24(26(28)30)27-21-12-8-19(3)9-13-21/h8-15,27H,4-7,16-18H2,1-3H3. The Morgan fingerprint density at radius 3 is 2.22 bits per heavy atom. The number of hydrogen-bond donors (Lipinski definition) is 1. The summed E-state index contributed by atoms with van der Waals surface area (Å²) in [5.41, 5.74) is 3.25. The van der Waals surface area contributed by atoms with Gasteiger partial charge in [-0.1, -0.05) is 43.2 Å². The molecule has 1 heterocycles. The zero-order valence-electron chi connectivity index (χ0n) is 19.1. The summed E-state index contributed by atoms with van der Waals surface area (Å²) in [6.07, 6.45) is 2.69. The Hall–Kier alpha value is -3.12. The number of unbranched alkanes of at least 4 members (excludes halogenated alkanes) is 1. The van der Waals surface area contributed by atoms with Crippen molar-refractivity contribution in [3.63, 3.8) is 0 Å². The molecule has 3 rings (SSSR count). The SMILES string of the molecule is CCCCOCCCN1C(=O)C(Nc2ccc(C)cc2)=C(c2ccc(OCC)cc2)C1=O. The van der Waals surface area contributed by atoms with Crippen molar-refractivity contribution in [2.75, 3.05) is 31.7 Å². The van der Waals surface area contributed by atoms with Gasteiger partial charge in [0.15, 0.2) is 0 Å². The Morgan fingerprint density at radius 2 is 1.56 bits per heavy atom. The van der Waals surface area contributed by atoms with Crippen molar-refractivity contribution in [3.05, 3.63) is 65.4 Å². The molecule has 1 aliphatic heterocycles. The van der Waals surface area contributed by atoms with Crippen LogP contribution >= 0.6 is 0 Å². The van der Waals surface area contributed by atoms with Crippen LogP contribution in [0.5, 0.6) is 5.75 Å². The molecule has 2 amide bonds. The monoisotopic (exact) mass is 436 g/mol. The number of amides is 2. The van der Waals surface area contributed by atoms with Gasteiger partial charge in [0.2, 0.25) is 0 Å². The number of rotatable bonds is 12. The summed E-state index contributed by atoms with van der Waals surface area (Å²) in [4.78, 5) is 27.8. The van der Waals surface area contributed by atoms with Crippen molar-refractivity contribution < 1.29 is 19.1 Å². The van der Waals surface area contributed by atoms with Crippen LogP contribution in [-0.4, -0.2) is 43.1 Å². The molecule has 2 aromatic carbocycles. The van der Waals surface area contributed by atoms with Gasteiger partial charge in [0.25, 0.3) is 11.8 Å². The molecule has 32 heavy (non-hydrogen) atoms. The van der Waals surface area contributed by atoms with Crippen LogP contribution in [0.4, 0.5) is 5.69 Å². The average Bonchev–Trinajstić information content (AvgIpc) is 3.02. The predicted octanol–water partition coefficient (Wildman–Crippen LogP) is 4.79. The molecule has 0 saturated heterocycles. The Labute approximate surface area is 190 Å². The summed E-state index contributed by atoms with van der Waals surface area (Å²) in [5, 5.41) is 3.19. The summed E-state index contributed by atoms with van der Waals surface area (Å²) in [7, 11) is 0. The fourth-order valence-electron chi connectivity index (χ4n) is 3.50. The summed E-state index contributed by atoms with van der Waals surface area (Å²) >= 11 is 0. The van der Waals surface area contributed by atoms with Crippen LogP contribution in [0.1, 0.15) is 44.2 Å². The van der Waals surface area contributed by atoms with Crippen LogP contribution in [0.2, 0.25) is 0 Å². The van der Waals surface area contributed by atoms with E-state index < -0.39 is 0 Å². The maximum absolute atomic E-state index is 13.3. The Morgan fingerprint density at radius 1 is 0.875 bits per heavy atom. The summed E-state index contributed by atoms with van der Waals surface area (Å²) < 4.78 is 11.1. The molecule has 2 aromatic rings. The van der Waals surface area contributed by atoms with Crippen molar-refractivity contribution >= 4 is 23.1 Å². The first-order valence-electron chi connectivity index (χ1n) is 11.3. The molecule has 1 N–H and O–H groups in total. The van der Waals surface area contributed by atoms with E-state index in [-0.39, 0.29) is 11.8 Å². The number of nitrogens with one attached hydrogen (secondary N) is 1. The number of carbonyl (C=O) groups is 2. The number of anilines is 1.